The molecule has 3 aromatic carbocycles. The van der Waals surface area contributed by atoms with Crippen molar-refractivity contribution in [2.24, 2.45) is 0 Å². The maximum Gasteiger partial charge on any atom is 0.142 e. The van der Waals surface area contributed by atoms with E-state index in [1.807, 2.05) is 48.6 Å². The van der Waals surface area contributed by atoms with Crippen LogP contribution in [0, 0.1) is 17.1 Å². The molecule has 3 aromatic rings. The zero-order chi connectivity index (χ0) is 30.6. The van der Waals surface area contributed by atoms with Crippen molar-refractivity contribution in [3.63, 3.8) is 0 Å². The van der Waals surface area contributed by atoms with Gasteiger partial charge in [0.2, 0.25) is 0 Å². The monoisotopic (exact) mass is 612 g/mol. The third-order valence-corrected chi connectivity index (χ3v) is 8.59. The minimum absolute atomic E-state index is 0.262. The molecule has 1 aliphatic heterocycles. The van der Waals surface area contributed by atoms with Crippen molar-refractivity contribution < 1.29 is 23.7 Å². The van der Waals surface area contributed by atoms with Crippen LogP contribution >= 0.6 is 11.6 Å². The standard InChI is InChI=1S/C36H34ClFN2O4/c1-42-27-10-12-33(38)31(16-27)28-8-5-9-30-29(28)11-13-34(30)44-36-17-35(25(15-32(36)37)19-40-20-26(41)21-40)43-22-24-7-4-2-3-6-23(14-24)18-39/h3,5-10,12,14-17,26,34,41H,2,4,11,13,19-22H2,1H3/b6-3+,23-14+,24-7+/t34-/m0/s1. The second-order valence-electron chi connectivity index (χ2n) is 11.4. The number of β-amino-alcohol motifs (C(OH)–C–C–N with tert-alkyl or cyclic N) is 1. The average Bonchev–Trinajstić information content (AvgIpc) is 3.41. The quantitative estimate of drug-likeness (QED) is 0.270. The van der Waals surface area contributed by atoms with E-state index in [-0.39, 0.29) is 24.6 Å². The van der Waals surface area contributed by atoms with Crippen LogP contribution in [-0.2, 0) is 13.0 Å². The molecule has 0 bridgehead atoms. The maximum atomic E-state index is 14.9. The number of benzene rings is 3. The summed E-state index contributed by atoms with van der Waals surface area (Å²) in [6.45, 7) is 2.05. The molecule has 3 aliphatic rings. The van der Waals surface area contributed by atoms with Gasteiger partial charge in [-0.25, -0.2) is 4.39 Å². The summed E-state index contributed by atoms with van der Waals surface area (Å²) in [6.07, 6.45) is 10.4. The molecular formula is C36H34ClFN2O4. The number of hydrogen-bond donors (Lipinski definition) is 1. The van der Waals surface area contributed by atoms with Gasteiger partial charge >= 0.3 is 0 Å². The van der Waals surface area contributed by atoms with E-state index in [0.29, 0.717) is 53.0 Å². The molecule has 1 heterocycles. The number of aliphatic hydroxyl groups is 1. The molecule has 1 saturated heterocycles. The lowest BCUT2D eigenvalue weighted by atomic mass is 9.96. The van der Waals surface area contributed by atoms with Crippen molar-refractivity contribution >= 4 is 11.6 Å². The Balaban J connectivity index is 1.27. The normalized spacial score (nSPS) is 21.4. The summed E-state index contributed by atoms with van der Waals surface area (Å²) < 4.78 is 33.2. The molecule has 8 heteroatoms. The topological polar surface area (TPSA) is 75.0 Å². The van der Waals surface area contributed by atoms with Crippen LogP contribution in [0.4, 0.5) is 4.39 Å². The van der Waals surface area contributed by atoms with Gasteiger partial charge in [0.05, 0.1) is 29.9 Å². The van der Waals surface area contributed by atoms with Crippen LogP contribution < -0.4 is 14.2 Å². The smallest absolute Gasteiger partial charge is 0.142 e. The molecule has 1 fully saturated rings. The molecule has 0 radical (unpaired) electrons. The van der Waals surface area contributed by atoms with Gasteiger partial charge < -0.3 is 19.3 Å². The molecule has 1 N–H and O–H groups in total. The molecule has 0 saturated carbocycles. The largest absolute Gasteiger partial charge is 0.497 e. The Morgan fingerprint density at radius 2 is 1.95 bits per heavy atom. The van der Waals surface area contributed by atoms with E-state index >= 15 is 0 Å². The van der Waals surface area contributed by atoms with Crippen LogP contribution in [0.1, 0.15) is 42.1 Å². The number of hydrogen-bond acceptors (Lipinski definition) is 6. The Morgan fingerprint density at radius 3 is 2.75 bits per heavy atom. The van der Waals surface area contributed by atoms with Crippen LogP contribution in [0.3, 0.4) is 0 Å². The van der Waals surface area contributed by atoms with Crippen molar-refractivity contribution in [3.8, 4) is 34.4 Å². The van der Waals surface area contributed by atoms with E-state index < -0.39 is 0 Å². The van der Waals surface area contributed by atoms with Crippen molar-refractivity contribution in [2.75, 3.05) is 26.8 Å². The Morgan fingerprint density at radius 1 is 1.09 bits per heavy atom. The Kier molecular flexibility index (Phi) is 9.04. The first-order chi connectivity index (χ1) is 21.4. The molecule has 0 spiro atoms. The number of ether oxygens (including phenoxy) is 3. The highest BCUT2D eigenvalue weighted by Crippen LogP contribution is 2.44. The molecule has 2 aliphatic carbocycles. The molecule has 6 nitrogen and oxygen atoms in total. The van der Waals surface area contributed by atoms with E-state index in [1.54, 1.807) is 19.2 Å². The van der Waals surface area contributed by atoms with Gasteiger partial charge in [-0.1, -0.05) is 42.0 Å². The number of likely N-dealkylation sites (tertiary alicyclic amines) is 1. The van der Waals surface area contributed by atoms with Gasteiger partial charge in [-0.3, -0.25) is 4.90 Å². The Hall–Kier alpha value is -4.09. The van der Waals surface area contributed by atoms with Gasteiger partial charge in [0.25, 0.3) is 0 Å². The fraction of sp³-hybridized carbons (Fsp3) is 0.306. The second kappa shape index (κ2) is 13.3. The zero-order valence-electron chi connectivity index (χ0n) is 24.6. The van der Waals surface area contributed by atoms with Crippen LogP contribution in [0.2, 0.25) is 5.02 Å². The Bertz CT molecular complexity index is 1690. The van der Waals surface area contributed by atoms with Crippen molar-refractivity contribution in [2.45, 2.75) is 44.4 Å². The Labute approximate surface area is 262 Å². The molecule has 1 atom stereocenters. The highest BCUT2D eigenvalue weighted by atomic mass is 35.5. The number of nitriles is 1. The SMILES string of the molecule is COc1ccc(F)c(-c2cccc3c2CC[C@@H]3Oc2cc(OCC3=C/CC/C=C/C(C#N)=C\3)c(CN3CC(O)C3)cc2Cl)c1. The van der Waals surface area contributed by atoms with Gasteiger partial charge in [-0.05, 0) is 84.4 Å². The first-order valence-electron chi connectivity index (χ1n) is 14.9. The number of aliphatic hydroxyl groups excluding tert-OH is 1. The number of allylic oxidation sites excluding steroid dienone is 4. The first kappa shape index (κ1) is 30.0. The number of halogens is 2. The summed E-state index contributed by atoms with van der Waals surface area (Å²) in [4.78, 5) is 2.13. The van der Waals surface area contributed by atoms with E-state index in [4.69, 9.17) is 25.8 Å². The van der Waals surface area contributed by atoms with Gasteiger partial charge in [-0.2, -0.15) is 5.26 Å². The van der Waals surface area contributed by atoms with E-state index in [2.05, 4.69) is 17.0 Å². The maximum absolute atomic E-state index is 14.9. The van der Waals surface area contributed by atoms with E-state index in [0.717, 1.165) is 53.5 Å². The molecule has 0 amide bonds. The van der Waals surface area contributed by atoms with Gasteiger partial charge in [0.15, 0.2) is 0 Å². The number of methoxy groups -OCH3 is 1. The van der Waals surface area contributed by atoms with Crippen LogP contribution in [-0.4, -0.2) is 42.9 Å². The molecule has 226 valence electrons. The minimum atomic E-state index is -0.321. The fourth-order valence-electron chi connectivity index (χ4n) is 6.03. The molecule has 44 heavy (non-hydrogen) atoms. The second-order valence-corrected chi connectivity index (χ2v) is 11.8. The highest BCUT2D eigenvalue weighted by molar-refractivity contribution is 6.32. The van der Waals surface area contributed by atoms with Gasteiger partial charge in [0.1, 0.15) is 35.8 Å². The summed E-state index contributed by atoms with van der Waals surface area (Å²) in [7, 11) is 1.57. The van der Waals surface area contributed by atoms with Crippen molar-refractivity contribution in [1.82, 2.24) is 4.90 Å². The fourth-order valence-corrected chi connectivity index (χ4v) is 6.26. The minimum Gasteiger partial charge on any atom is -0.497 e. The predicted molar refractivity (Wildman–Crippen MR) is 168 cm³/mol. The number of nitrogens with zero attached hydrogens (tertiary/aromatic N) is 2. The summed E-state index contributed by atoms with van der Waals surface area (Å²) in [5.74, 6) is 1.45. The molecule has 6 rings (SSSR count). The molecule has 0 aromatic heterocycles. The summed E-state index contributed by atoms with van der Waals surface area (Å²) >= 11 is 6.81. The van der Waals surface area contributed by atoms with E-state index in [9.17, 15) is 14.8 Å². The van der Waals surface area contributed by atoms with Crippen molar-refractivity contribution in [1.29, 1.82) is 5.26 Å². The summed E-state index contributed by atoms with van der Waals surface area (Å²) in [6, 6.07) is 16.6. The van der Waals surface area contributed by atoms with Crippen LogP contribution in [0.25, 0.3) is 11.1 Å². The lowest BCUT2D eigenvalue weighted by Gasteiger charge is -2.36. The molecule has 0 unspecified atom stereocenters. The van der Waals surface area contributed by atoms with Crippen molar-refractivity contribution in [3.05, 3.63) is 112 Å². The van der Waals surface area contributed by atoms with Gasteiger partial charge in [-0.15, -0.1) is 0 Å². The number of rotatable bonds is 9. The first-order valence-corrected chi connectivity index (χ1v) is 15.2. The molecular weight excluding hydrogens is 579 g/mol. The summed E-state index contributed by atoms with van der Waals surface area (Å²) in [5, 5.41) is 19.8. The third-order valence-electron chi connectivity index (χ3n) is 8.30. The lowest BCUT2D eigenvalue weighted by molar-refractivity contribution is -0.00328. The van der Waals surface area contributed by atoms with Crippen LogP contribution in [0.5, 0.6) is 17.2 Å². The third kappa shape index (κ3) is 6.53. The van der Waals surface area contributed by atoms with E-state index in [1.165, 1.54) is 6.07 Å². The summed E-state index contributed by atoms with van der Waals surface area (Å²) in [5.41, 5.74) is 5.80. The zero-order valence-corrected chi connectivity index (χ0v) is 25.3. The van der Waals surface area contributed by atoms with Crippen LogP contribution in [0.15, 0.2) is 84.0 Å². The number of fused-ring (bicyclic) bond motifs is 1. The van der Waals surface area contributed by atoms with Gasteiger partial charge in [0, 0.05) is 36.8 Å². The lowest BCUT2D eigenvalue weighted by Crippen LogP contribution is -2.49. The predicted octanol–water partition coefficient (Wildman–Crippen LogP) is 7.50. The average molecular weight is 613 g/mol. The highest BCUT2D eigenvalue weighted by Gasteiger charge is 2.29.